The van der Waals surface area contributed by atoms with Gasteiger partial charge in [-0.15, -0.1) is 0 Å². The van der Waals surface area contributed by atoms with Crippen molar-refractivity contribution in [3.8, 4) is 5.75 Å². The number of hydrogen-bond donors (Lipinski definition) is 0. The minimum Gasteiger partial charge on any atom is -0.490 e. The van der Waals surface area contributed by atoms with Crippen LogP contribution in [0.5, 0.6) is 5.75 Å². The van der Waals surface area contributed by atoms with Gasteiger partial charge < -0.3 is 4.74 Å². The van der Waals surface area contributed by atoms with Crippen LogP contribution in [0.1, 0.15) is 24.0 Å². The molecule has 25 heavy (non-hydrogen) atoms. The number of nitrogens with zero attached hydrogens (tertiary/aromatic N) is 3. The second-order valence-electron chi connectivity index (χ2n) is 6.79. The van der Waals surface area contributed by atoms with Crippen molar-refractivity contribution in [2.24, 2.45) is 0 Å². The number of likely N-dealkylation sites (tertiary alicyclic amines) is 1. The van der Waals surface area contributed by atoms with Gasteiger partial charge in [0.1, 0.15) is 11.9 Å². The molecule has 0 spiro atoms. The third kappa shape index (κ3) is 3.80. The maximum Gasteiger partial charge on any atom is 0.123 e. The van der Waals surface area contributed by atoms with Crippen molar-refractivity contribution in [1.82, 2.24) is 14.9 Å². The lowest BCUT2D eigenvalue weighted by Crippen LogP contribution is -2.37. The van der Waals surface area contributed by atoms with Crippen LogP contribution in [0, 0.1) is 6.92 Å². The Labute approximate surface area is 148 Å². The Morgan fingerprint density at radius 3 is 2.56 bits per heavy atom. The molecule has 1 aromatic carbocycles. The molecule has 0 unspecified atom stereocenters. The maximum atomic E-state index is 6.34. The van der Waals surface area contributed by atoms with E-state index in [2.05, 4.69) is 46.1 Å². The van der Waals surface area contributed by atoms with Gasteiger partial charge in [-0.2, -0.15) is 0 Å². The van der Waals surface area contributed by atoms with Gasteiger partial charge in [0.2, 0.25) is 0 Å². The molecule has 1 aliphatic heterocycles. The Hall–Kier alpha value is -2.46. The van der Waals surface area contributed by atoms with Gasteiger partial charge in [-0.1, -0.05) is 0 Å². The van der Waals surface area contributed by atoms with Crippen molar-refractivity contribution in [2.45, 2.75) is 32.4 Å². The van der Waals surface area contributed by atoms with E-state index >= 15 is 0 Å². The SMILES string of the molecule is Cc1cc2cnccc2cc1OC1CCN(Cc2ccncc2)CC1. The summed E-state index contributed by atoms with van der Waals surface area (Å²) in [5.41, 5.74) is 2.51. The molecule has 0 atom stereocenters. The molecule has 0 bridgehead atoms. The zero-order valence-corrected chi connectivity index (χ0v) is 14.6. The Balaban J connectivity index is 1.38. The largest absolute Gasteiger partial charge is 0.490 e. The number of ether oxygens (including phenoxy) is 1. The number of rotatable bonds is 4. The van der Waals surface area contributed by atoms with E-state index in [1.807, 2.05) is 30.9 Å². The van der Waals surface area contributed by atoms with Crippen LogP contribution < -0.4 is 4.74 Å². The molecular formula is C21H23N3O. The molecule has 4 nitrogen and oxygen atoms in total. The average Bonchev–Trinajstić information content (AvgIpc) is 2.65. The van der Waals surface area contributed by atoms with Crippen LogP contribution in [0.2, 0.25) is 0 Å². The number of pyridine rings is 2. The van der Waals surface area contributed by atoms with Gasteiger partial charge in [-0.25, -0.2) is 0 Å². The topological polar surface area (TPSA) is 38.2 Å². The second-order valence-corrected chi connectivity index (χ2v) is 6.79. The monoisotopic (exact) mass is 333 g/mol. The van der Waals surface area contributed by atoms with Gasteiger partial charge in [0.25, 0.3) is 0 Å². The Morgan fingerprint density at radius 1 is 1.00 bits per heavy atom. The first-order chi connectivity index (χ1) is 12.3. The zero-order chi connectivity index (χ0) is 17.1. The minimum absolute atomic E-state index is 0.298. The summed E-state index contributed by atoms with van der Waals surface area (Å²) in [6.45, 7) is 5.25. The molecule has 1 saturated heterocycles. The molecule has 0 saturated carbocycles. The zero-order valence-electron chi connectivity index (χ0n) is 14.6. The van der Waals surface area contributed by atoms with E-state index in [0.717, 1.165) is 38.2 Å². The van der Waals surface area contributed by atoms with Gasteiger partial charge in [-0.3, -0.25) is 14.9 Å². The second kappa shape index (κ2) is 7.19. The molecule has 4 heteroatoms. The van der Waals surface area contributed by atoms with Gasteiger partial charge in [0.05, 0.1) is 0 Å². The smallest absolute Gasteiger partial charge is 0.123 e. The van der Waals surface area contributed by atoms with E-state index in [1.54, 1.807) is 0 Å². The lowest BCUT2D eigenvalue weighted by atomic mass is 10.1. The highest BCUT2D eigenvalue weighted by molar-refractivity contribution is 5.84. The minimum atomic E-state index is 0.298. The Bertz CT molecular complexity index is 842. The fourth-order valence-electron chi connectivity index (χ4n) is 3.47. The van der Waals surface area contributed by atoms with Gasteiger partial charge in [0.15, 0.2) is 0 Å². The third-order valence-corrected chi connectivity index (χ3v) is 4.92. The van der Waals surface area contributed by atoms with E-state index in [-0.39, 0.29) is 0 Å². The highest BCUT2D eigenvalue weighted by atomic mass is 16.5. The van der Waals surface area contributed by atoms with E-state index < -0.39 is 0 Å². The standard InChI is InChI=1S/C21H23N3O/c1-16-12-19-14-23-9-4-18(19)13-21(16)25-20-5-10-24(11-6-20)15-17-2-7-22-8-3-17/h2-4,7-9,12-14,20H,5-6,10-11,15H2,1H3. The summed E-state index contributed by atoms with van der Waals surface area (Å²) >= 11 is 0. The maximum absolute atomic E-state index is 6.34. The van der Waals surface area contributed by atoms with Crippen LogP contribution in [0.25, 0.3) is 10.8 Å². The van der Waals surface area contributed by atoms with Crippen LogP contribution in [0.15, 0.2) is 55.1 Å². The van der Waals surface area contributed by atoms with Crippen LogP contribution in [-0.2, 0) is 6.54 Å². The fraction of sp³-hybridized carbons (Fsp3) is 0.333. The number of aryl methyl sites for hydroxylation is 1. The number of piperidine rings is 1. The highest BCUT2D eigenvalue weighted by Gasteiger charge is 2.21. The van der Waals surface area contributed by atoms with Gasteiger partial charge >= 0.3 is 0 Å². The van der Waals surface area contributed by atoms with Crippen molar-refractivity contribution in [2.75, 3.05) is 13.1 Å². The van der Waals surface area contributed by atoms with Crippen molar-refractivity contribution < 1.29 is 4.74 Å². The number of hydrogen-bond acceptors (Lipinski definition) is 4. The normalized spacial score (nSPS) is 16.2. The molecule has 3 heterocycles. The number of aromatic nitrogens is 2. The van der Waals surface area contributed by atoms with Gasteiger partial charge in [-0.05, 0) is 66.6 Å². The van der Waals surface area contributed by atoms with E-state index in [1.165, 1.54) is 21.9 Å². The van der Waals surface area contributed by atoms with Gasteiger partial charge in [0, 0.05) is 49.8 Å². The molecule has 1 aliphatic rings. The molecule has 0 N–H and O–H groups in total. The summed E-state index contributed by atoms with van der Waals surface area (Å²) in [6.07, 6.45) is 9.90. The lowest BCUT2D eigenvalue weighted by Gasteiger charge is -2.32. The molecule has 0 amide bonds. The average molecular weight is 333 g/mol. The summed E-state index contributed by atoms with van der Waals surface area (Å²) in [5.74, 6) is 1.01. The first-order valence-electron chi connectivity index (χ1n) is 8.90. The first-order valence-corrected chi connectivity index (χ1v) is 8.90. The summed E-state index contributed by atoms with van der Waals surface area (Å²) in [7, 11) is 0. The highest BCUT2D eigenvalue weighted by Crippen LogP contribution is 2.27. The third-order valence-electron chi connectivity index (χ3n) is 4.92. The van der Waals surface area contributed by atoms with Crippen molar-refractivity contribution in [3.05, 3.63) is 66.2 Å². The molecule has 4 rings (SSSR count). The molecule has 3 aromatic rings. The molecule has 0 aliphatic carbocycles. The van der Waals surface area contributed by atoms with Crippen LogP contribution in [-0.4, -0.2) is 34.1 Å². The predicted octanol–water partition coefficient (Wildman–Crippen LogP) is 3.98. The quantitative estimate of drug-likeness (QED) is 0.724. The van der Waals surface area contributed by atoms with Crippen molar-refractivity contribution in [3.63, 3.8) is 0 Å². The molecular weight excluding hydrogens is 310 g/mol. The number of benzene rings is 1. The molecule has 2 aromatic heterocycles. The number of fused-ring (bicyclic) bond motifs is 1. The van der Waals surface area contributed by atoms with Crippen molar-refractivity contribution >= 4 is 10.8 Å². The van der Waals surface area contributed by atoms with Crippen molar-refractivity contribution in [1.29, 1.82) is 0 Å². The van der Waals surface area contributed by atoms with E-state index in [9.17, 15) is 0 Å². The molecule has 128 valence electrons. The summed E-state index contributed by atoms with van der Waals surface area (Å²) in [6, 6.07) is 10.5. The summed E-state index contributed by atoms with van der Waals surface area (Å²) < 4.78 is 6.34. The Morgan fingerprint density at radius 2 is 1.76 bits per heavy atom. The first kappa shape index (κ1) is 16.0. The molecule has 0 radical (unpaired) electrons. The predicted molar refractivity (Wildman–Crippen MR) is 99.6 cm³/mol. The lowest BCUT2D eigenvalue weighted by molar-refractivity contribution is 0.0964. The Kier molecular flexibility index (Phi) is 4.61. The fourth-order valence-corrected chi connectivity index (χ4v) is 3.47. The van der Waals surface area contributed by atoms with Crippen LogP contribution >= 0.6 is 0 Å². The van der Waals surface area contributed by atoms with E-state index in [0.29, 0.717) is 6.10 Å². The summed E-state index contributed by atoms with van der Waals surface area (Å²) in [5, 5.41) is 2.35. The summed E-state index contributed by atoms with van der Waals surface area (Å²) in [4.78, 5) is 10.8. The van der Waals surface area contributed by atoms with Crippen LogP contribution in [0.4, 0.5) is 0 Å². The molecule has 1 fully saturated rings. The van der Waals surface area contributed by atoms with E-state index in [4.69, 9.17) is 4.74 Å². The van der Waals surface area contributed by atoms with Crippen LogP contribution in [0.3, 0.4) is 0 Å².